The maximum absolute atomic E-state index is 12.0. The zero-order valence-electron chi connectivity index (χ0n) is 17.3. The quantitative estimate of drug-likeness (QED) is 0.707. The number of carbonyl (C=O) groups is 2. The Labute approximate surface area is 170 Å². The van der Waals surface area contributed by atoms with E-state index >= 15 is 0 Å². The van der Waals surface area contributed by atoms with Crippen molar-refractivity contribution in [1.82, 2.24) is 14.9 Å². The van der Waals surface area contributed by atoms with Gasteiger partial charge in [0.05, 0.1) is 29.0 Å². The second-order valence-electron chi connectivity index (χ2n) is 8.21. The molecule has 0 aliphatic rings. The molecule has 1 aromatic heterocycles. The Morgan fingerprint density at radius 2 is 1.89 bits per heavy atom. The summed E-state index contributed by atoms with van der Waals surface area (Å²) in [6.45, 7) is 12.0. The summed E-state index contributed by atoms with van der Waals surface area (Å²) in [6.07, 6.45) is 1.87. The Morgan fingerprint density at radius 3 is 2.50 bits per heavy atom. The molecule has 2 rings (SSSR count). The number of hydrogen-bond donors (Lipinski definition) is 1. The fourth-order valence-electron chi connectivity index (χ4n) is 2.69. The van der Waals surface area contributed by atoms with Crippen molar-refractivity contribution in [1.29, 1.82) is 0 Å². The number of nitrogens with zero attached hydrogens (tertiary/aromatic N) is 2. The second-order valence-corrected chi connectivity index (χ2v) is 8.59. The summed E-state index contributed by atoms with van der Waals surface area (Å²) < 4.78 is 12.3. The minimum Gasteiger partial charge on any atom is -0.462 e. The third-order valence-corrected chi connectivity index (χ3v) is 4.43. The Morgan fingerprint density at radius 1 is 1.21 bits per heavy atom. The Balaban J connectivity index is 2.11. The number of esters is 1. The van der Waals surface area contributed by atoms with Gasteiger partial charge in [-0.15, -0.1) is 0 Å². The third-order valence-electron chi connectivity index (χ3n) is 4.04. The van der Waals surface area contributed by atoms with Crippen molar-refractivity contribution in [2.45, 2.75) is 65.6 Å². The van der Waals surface area contributed by atoms with E-state index in [1.165, 1.54) is 0 Å². The van der Waals surface area contributed by atoms with Crippen molar-refractivity contribution < 1.29 is 19.1 Å². The van der Waals surface area contributed by atoms with Crippen LogP contribution in [0.1, 0.15) is 58.3 Å². The molecule has 7 nitrogen and oxygen atoms in total. The van der Waals surface area contributed by atoms with Crippen LogP contribution in [-0.4, -0.2) is 39.4 Å². The number of ether oxygens (including phenoxy) is 2. The van der Waals surface area contributed by atoms with Gasteiger partial charge < -0.3 is 19.4 Å². The predicted octanol–water partition coefficient (Wildman–Crippen LogP) is 4.56. The number of aryl methyl sites for hydroxylation is 1. The first-order valence-corrected chi connectivity index (χ1v) is 9.63. The summed E-state index contributed by atoms with van der Waals surface area (Å²) in [5.74, 6) is -0.466. The molecule has 0 spiro atoms. The van der Waals surface area contributed by atoms with Crippen LogP contribution in [0.5, 0.6) is 0 Å². The molecule has 1 aromatic carbocycles. The van der Waals surface area contributed by atoms with E-state index < -0.39 is 23.2 Å². The van der Waals surface area contributed by atoms with Crippen LogP contribution in [0.15, 0.2) is 18.5 Å². The van der Waals surface area contributed by atoms with Gasteiger partial charge in [0.1, 0.15) is 11.1 Å². The summed E-state index contributed by atoms with van der Waals surface area (Å²) >= 11 is 6.36. The molecule has 0 aliphatic heterocycles. The van der Waals surface area contributed by atoms with Crippen LogP contribution in [-0.2, 0) is 16.0 Å². The van der Waals surface area contributed by atoms with Crippen molar-refractivity contribution in [3.63, 3.8) is 0 Å². The Kier molecular flexibility index (Phi) is 6.59. The molecule has 1 heterocycles. The summed E-state index contributed by atoms with van der Waals surface area (Å²) in [5, 5.41) is 3.17. The molecule has 0 saturated carbocycles. The van der Waals surface area contributed by atoms with E-state index in [2.05, 4.69) is 10.3 Å². The van der Waals surface area contributed by atoms with E-state index in [1.807, 2.05) is 39.2 Å². The van der Waals surface area contributed by atoms with E-state index in [0.29, 0.717) is 24.0 Å². The molecule has 2 aromatic rings. The highest BCUT2D eigenvalue weighted by atomic mass is 35.5. The minimum atomic E-state index is -0.548. The van der Waals surface area contributed by atoms with Crippen LogP contribution < -0.4 is 5.32 Å². The molecule has 28 heavy (non-hydrogen) atoms. The lowest BCUT2D eigenvalue weighted by atomic mass is 10.0. The first-order chi connectivity index (χ1) is 12.9. The van der Waals surface area contributed by atoms with Gasteiger partial charge in [0.25, 0.3) is 0 Å². The van der Waals surface area contributed by atoms with Gasteiger partial charge in [0.2, 0.25) is 0 Å². The number of nitrogens with one attached hydrogen (secondary N) is 1. The lowest BCUT2D eigenvalue weighted by Gasteiger charge is -2.28. The van der Waals surface area contributed by atoms with Crippen LogP contribution in [0.25, 0.3) is 11.0 Å². The highest BCUT2D eigenvalue weighted by Gasteiger charge is 2.25. The van der Waals surface area contributed by atoms with E-state index in [-0.39, 0.29) is 11.6 Å². The number of amides is 1. The third kappa shape index (κ3) is 5.61. The SMILES string of the molecule is CCOC(=O)c1ccc2c(ncn2CCC(C)(C)NC(=O)OC(C)(C)C)c1Cl. The lowest BCUT2D eigenvalue weighted by molar-refractivity contribution is 0.0464. The average molecular weight is 410 g/mol. The van der Waals surface area contributed by atoms with Gasteiger partial charge in [-0.25, -0.2) is 14.6 Å². The number of benzene rings is 1. The summed E-state index contributed by atoms with van der Waals surface area (Å²) in [5.41, 5.74) is 0.631. The molecule has 0 atom stereocenters. The first-order valence-electron chi connectivity index (χ1n) is 9.25. The first kappa shape index (κ1) is 22.0. The molecular weight excluding hydrogens is 382 g/mol. The monoisotopic (exact) mass is 409 g/mol. The molecule has 0 bridgehead atoms. The molecule has 1 N–H and O–H groups in total. The number of rotatable bonds is 6. The molecule has 8 heteroatoms. The second kappa shape index (κ2) is 8.39. The molecule has 1 amide bonds. The molecule has 154 valence electrons. The van der Waals surface area contributed by atoms with Crippen LogP contribution in [0, 0.1) is 0 Å². The minimum absolute atomic E-state index is 0.279. The molecular formula is C20H28ClN3O4. The summed E-state index contributed by atoms with van der Waals surface area (Å²) in [7, 11) is 0. The van der Waals surface area contributed by atoms with Crippen molar-refractivity contribution in [3.05, 3.63) is 29.0 Å². The van der Waals surface area contributed by atoms with Gasteiger partial charge in [-0.1, -0.05) is 11.6 Å². The maximum atomic E-state index is 12.0. The fraction of sp³-hybridized carbons (Fsp3) is 0.550. The largest absolute Gasteiger partial charge is 0.462 e. The maximum Gasteiger partial charge on any atom is 0.408 e. The standard InChI is InChI=1S/C20H28ClN3O4/c1-7-27-17(25)13-8-9-14-16(15(13)21)22-12-24(14)11-10-20(5,6)23-18(26)28-19(2,3)4/h8-9,12H,7,10-11H2,1-6H3,(H,23,26). The number of halogens is 1. The van der Waals surface area contributed by atoms with Crippen LogP contribution in [0.3, 0.4) is 0 Å². The van der Waals surface area contributed by atoms with Gasteiger partial charge in [-0.2, -0.15) is 0 Å². The lowest BCUT2D eigenvalue weighted by Crippen LogP contribution is -2.46. The van der Waals surface area contributed by atoms with E-state index in [4.69, 9.17) is 21.1 Å². The Bertz CT molecular complexity index is 868. The van der Waals surface area contributed by atoms with Crippen molar-refractivity contribution in [2.75, 3.05) is 6.61 Å². The van der Waals surface area contributed by atoms with Gasteiger partial charge in [-0.3, -0.25) is 0 Å². The van der Waals surface area contributed by atoms with E-state index in [1.54, 1.807) is 25.4 Å². The molecule has 0 fully saturated rings. The smallest absolute Gasteiger partial charge is 0.408 e. The number of fused-ring (bicyclic) bond motifs is 1. The van der Waals surface area contributed by atoms with Crippen molar-refractivity contribution in [3.8, 4) is 0 Å². The number of alkyl carbamates (subject to hydrolysis) is 1. The zero-order valence-corrected chi connectivity index (χ0v) is 18.0. The average Bonchev–Trinajstić information content (AvgIpc) is 2.95. The number of hydrogen-bond acceptors (Lipinski definition) is 5. The van der Waals surface area contributed by atoms with Crippen LogP contribution >= 0.6 is 11.6 Å². The van der Waals surface area contributed by atoms with Gasteiger partial charge in [0.15, 0.2) is 0 Å². The molecule has 0 saturated heterocycles. The summed E-state index contributed by atoms with van der Waals surface area (Å²) in [6, 6.07) is 3.44. The topological polar surface area (TPSA) is 82.5 Å². The highest BCUT2D eigenvalue weighted by Crippen LogP contribution is 2.27. The predicted molar refractivity (Wildman–Crippen MR) is 109 cm³/mol. The van der Waals surface area contributed by atoms with Crippen molar-refractivity contribution in [2.24, 2.45) is 0 Å². The van der Waals surface area contributed by atoms with Crippen LogP contribution in [0.4, 0.5) is 4.79 Å². The number of carbonyl (C=O) groups excluding carboxylic acids is 2. The number of aromatic nitrogens is 2. The molecule has 0 unspecified atom stereocenters. The van der Waals surface area contributed by atoms with Crippen LogP contribution in [0.2, 0.25) is 5.02 Å². The molecule has 0 aliphatic carbocycles. The van der Waals surface area contributed by atoms with Gasteiger partial charge >= 0.3 is 12.1 Å². The van der Waals surface area contributed by atoms with Gasteiger partial charge in [0, 0.05) is 12.1 Å². The van der Waals surface area contributed by atoms with Gasteiger partial charge in [-0.05, 0) is 60.1 Å². The summed E-state index contributed by atoms with van der Waals surface area (Å²) in [4.78, 5) is 28.4. The van der Waals surface area contributed by atoms with E-state index in [9.17, 15) is 9.59 Å². The Hall–Kier alpha value is -2.28. The molecule has 0 radical (unpaired) electrons. The zero-order chi connectivity index (χ0) is 21.1. The number of imidazole rings is 1. The van der Waals surface area contributed by atoms with Crippen molar-refractivity contribution >= 4 is 34.7 Å². The normalized spacial score (nSPS) is 12.1. The highest BCUT2D eigenvalue weighted by molar-refractivity contribution is 6.37. The van der Waals surface area contributed by atoms with E-state index in [0.717, 1.165) is 5.52 Å². The fourth-order valence-corrected chi connectivity index (χ4v) is 2.97.